The molecule has 0 aliphatic carbocycles. The van der Waals surface area contributed by atoms with Crippen molar-refractivity contribution < 1.29 is 28.5 Å². The molecule has 2 aromatic rings. The molecule has 2 rings (SSSR count). The zero-order valence-corrected chi connectivity index (χ0v) is 16.8. The third-order valence-corrected chi connectivity index (χ3v) is 4.14. The Morgan fingerprint density at radius 1 is 0.966 bits per heavy atom. The van der Waals surface area contributed by atoms with E-state index >= 15 is 0 Å². The van der Waals surface area contributed by atoms with Crippen LogP contribution >= 0.6 is 0 Å². The van der Waals surface area contributed by atoms with E-state index in [0.29, 0.717) is 30.3 Å². The SMILES string of the molecule is C=CC(=O)OCCCCCOc1ccc(C(=O)Oc2ccc(OC)c(C)c2)cc1. The fourth-order valence-corrected chi connectivity index (χ4v) is 2.57. The minimum Gasteiger partial charge on any atom is -0.496 e. The number of carbonyl (C=O) groups is 2. The molecular formula is C23H26O6. The van der Waals surface area contributed by atoms with Crippen LogP contribution in [0, 0.1) is 6.92 Å². The van der Waals surface area contributed by atoms with Crippen molar-refractivity contribution in [3.63, 3.8) is 0 Å². The Morgan fingerprint density at radius 3 is 2.31 bits per heavy atom. The van der Waals surface area contributed by atoms with Crippen LogP contribution in [0.5, 0.6) is 17.2 Å². The molecule has 0 atom stereocenters. The van der Waals surface area contributed by atoms with Gasteiger partial charge in [0.05, 0.1) is 25.9 Å². The molecule has 0 heterocycles. The molecule has 0 saturated carbocycles. The van der Waals surface area contributed by atoms with E-state index in [2.05, 4.69) is 6.58 Å². The molecule has 0 bridgehead atoms. The van der Waals surface area contributed by atoms with Crippen LogP contribution in [0.4, 0.5) is 0 Å². The number of aryl methyl sites for hydroxylation is 1. The van der Waals surface area contributed by atoms with Crippen molar-refractivity contribution >= 4 is 11.9 Å². The highest BCUT2D eigenvalue weighted by Crippen LogP contribution is 2.24. The zero-order valence-electron chi connectivity index (χ0n) is 16.8. The fourth-order valence-electron chi connectivity index (χ4n) is 2.57. The topological polar surface area (TPSA) is 71.1 Å². The summed E-state index contributed by atoms with van der Waals surface area (Å²) in [6.07, 6.45) is 3.65. The minimum atomic E-state index is -0.435. The van der Waals surface area contributed by atoms with Gasteiger partial charge in [-0.2, -0.15) is 0 Å². The number of hydrogen-bond acceptors (Lipinski definition) is 6. The lowest BCUT2D eigenvalue weighted by Crippen LogP contribution is -2.08. The summed E-state index contributed by atoms with van der Waals surface area (Å²) < 4.78 is 21.2. The quantitative estimate of drug-likeness (QED) is 0.240. The first kappa shape index (κ1) is 22.0. The molecule has 0 fully saturated rings. The highest BCUT2D eigenvalue weighted by molar-refractivity contribution is 5.91. The van der Waals surface area contributed by atoms with E-state index in [1.54, 1.807) is 49.6 Å². The first-order chi connectivity index (χ1) is 14.0. The lowest BCUT2D eigenvalue weighted by molar-refractivity contribution is -0.137. The lowest BCUT2D eigenvalue weighted by Gasteiger charge is -2.09. The van der Waals surface area contributed by atoms with E-state index in [1.165, 1.54) is 0 Å². The number of esters is 2. The Morgan fingerprint density at radius 2 is 1.66 bits per heavy atom. The van der Waals surface area contributed by atoms with Gasteiger partial charge >= 0.3 is 11.9 Å². The second-order valence-corrected chi connectivity index (χ2v) is 6.33. The summed E-state index contributed by atoms with van der Waals surface area (Å²) in [6, 6.07) is 12.0. The van der Waals surface area contributed by atoms with Gasteiger partial charge in [-0.3, -0.25) is 0 Å². The monoisotopic (exact) mass is 398 g/mol. The molecule has 2 aromatic carbocycles. The molecule has 0 spiro atoms. The highest BCUT2D eigenvalue weighted by atomic mass is 16.5. The van der Waals surface area contributed by atoms with E-state index in [-0.39, 0.29) is 0 Å². The summed E-state index contributed by atoms with van der Waals surface area (Å²) >= 11 is 0. The number of ether oxygens (including phenoxy) is 4. The Hall–Kier alpha value is -3.28. The molecule has 0 aliphatic heterocycles. The van der Waals surface area contributed by atoms with Crippen LogP contribution in [0.2, 0.25) is 0 Å². The molecule has 154 valence electrons. The maximum absolute atomic E-state index is 12.3. The average molecular weight is 398 g/mol. The van der Waals surface area contributed by atoms with Crippen LogP contribution in [-0.4, -0.2) is 32.3 Å². The van der Waals surface area contributed by atoms with Crippen LogP contribution in [0.25, 0.3) is 0 Å². The second kappa shape index (κ2) is 11.5. The molecule has 0 amide bonds. The number of hydrogen-bond donors (Lipinski definition) is 0. The summed E-state index contributed by atoms with van der Waals surface area (Å²) in [5, 5.41) is 0. The third kappa shape index (κ3) is 7.33. The van der Waals surface area contributed by atoms with Gasteiger partial charge in [0.15, 0.2) is 0 Å². The van der Waals surface area contributed by atoms with Crippen LogP contribution in [-0.2, 0) is 9.53 Å². The zero-order chi connectivity index (χ0) is 21.1. The van der Waals surface area contributed by atoms with Crippen molar-refractivity contribution in [1.29, 1.82) is 0 Å². The summed E-state index contributed by atoms with van der Waals surface area (Å²) in [6.45, 7) is 6.16. The Bertz CT molecular complexity index is 826. The first-order valence-electron chi connectivity index (χ1n) is 9.42. The van der Waals surface area contributed by atoms with Crippen LogP contribution in [0.3, 0.4) is 0 Å². The third-order valence-electron chi connectivity index (χ3n) is 4.14. The average Bonchev–Trinajstić information content (AvgIpc) is 2.73. The maximum Gasteiger partial charge on any atom is 0.343 e. The number of benzene rings is 2. The van der Waals surface area contributed by atoms with Gasteiger partial charge in [-0.15, -0.1) is 0 Å². The molecule has 6 nitrogen and oxygen atoms in total. The van der Waals surface area contributed by atoms with Gasteiger partial charge < -0.3 is 18.9 Å². The largest absolute Gasteiger partial charge is 0.496 e. The maximum atomic E-state index is 12.3. The summed E-state index contributed by atoms with van der Waals surface area (Å²) in [5.41, 5.74) is 1.33. The molecule has 0 N–H and O–H groups in total. The van der Waals surface area contributed by atoms with Gasteiger partial charge in [0, 0.05) is 6.08 Å². The van der Waals surface area contributed by atoms with E-state index in [9.17, 15) is 9.59 Å². The van der Waals surface area contributed by atoms with Gasteiger partial charge in [-0.25, -0.2) is 9.59 Å². The molecule has 29 heavy (non-hydrogen) atoms. The summed E-state index contributed by atoms with van der Waals surface area (Å²) in [4.78, 5) is 23.2. The van der Waals surface area contributed by atoms with Gasteiger partial charge in [-0.1, -0.05) is 6.58 Å². The molecule has 6 heteroatoms. The molecule has 0 saturated heterocycles. The normalized spacial score (nSPS) is 10.1. The van der Waals surface area contributed by atoms with Crippen molar-refractivity contribution in [1.82, 2.24) is 0 Å². The number of unbranched alkanes of at least 4 members (excludes halogenated alkanes) is 2. The van der Waals surface area contributed by atoms with Gasteiger partial charge in [0.2, 0.25) is 0 Å². The Labute approximate surface area is 171 Å². The molecule has 0 aliphatic rings. The van der Waals surface area contributed by atoms with E-state index < -0.39 is 11.9 Å². The van der Waals surface area contributed by atoms with Crippen LogP contribution in [0.15, 0.2) is 55.1 Å². The lowest BCUT2D eigenvalue weighted by atomic mass is 10.2. The van der Waals surface area contributed by atoms with Crippen molar-refractivity contribution in [2.75, 3.05) is 20.3 Å². The Balaban J connectivity index is 1.73. The van der Waals surface area contributed by atoms with Crippen LogP contribution < -0.4 is 14.2 Å². The van der Waals surface area contributed by atoms with E-state index in [0.717, 1.165) is 36.7 Å². The molecule has 0 unspecified atom stereocenters. The Kier molecular flexibility index (Phi) is 8.76. The van der Waals surface area contributed by atoms with E-state index in [4.69, 9.17) is 18.9 Å². The van der Waals surface area contributed by atoms with Crippen molar-refractivity contribution in [2.45, 2.75) is 26.2 Å². The van der Waals surface area contributed by atoms with Gasteiger partial charge in [-0.05, 0) is 74.2 Å². The molecule has 0 radical (unpaired) electrons. The predicted octanol–water partition coefficient (Wildman–Crippen LogP) is 4.50. The number of methoxy groups -OCH3 is 1. The van der Waals surface area contributed by atoms with Gasteiger partial charge in [0.1, 0.15) is 17.2 Å². The predicted molar refractivity (Wildman–Crippen MR) is 110 cm³/mol. The number of rotatable bonds is 11. The van der Waals surface area contributed by atoms with Crippen molar-refractivity contribution in [2.24, 2.45) is 0 Å². The first-order valence-corrected chi connectivity index (χ1v) is 9.42. The second-order valence-electron chi connectivity index (χ2n) is 6.33. The standard InChI is InChI=1S/C23H26O6/c1-4-22(24)28-15-7-5-6-14-27-19-10-8-18(9-11-19)23(25)29-20-12-13-21(26-3)17(2)16-20/h4,8-13,16H,1,5-7,14-15H2,2-3H3. The highest BCUT2D eigenvalue weighted by Gasteiger charge is 2.10. The molecular weight excluding hydrogens is 372 g/mol. The summed E-state index contributed by atoms with van der Waals surface area (Å²) in [5.74, 6) is 1.05. The van der Waals surface area contributed by atoms with Crippen LogP contribution in [0.1, 0.15) is 35.2 Å². The van der Waals surface area contributed by atoms with Crippen molar-refractivity contribution in [3.8, 4) is 17.2 Å². The smallest absolute Gasteiger partial charge is 0.343 e. The van der Waals surface area contributed by atoms with Gasteiger partial charge in [0.25, 0.3) is 0 Å². The summed E-state index contributed by atoms with van der Waals surface area (Å²) in [7, 11) is 1.60. The molecule has 0 aromatic heterocycles. The van der Waals surface area contributed by atoms with Crippen molar-refractivity contribution in [3.05, 3.63) is 66.2 Å². The number of carbonyl (C=O) groups excluding carboxylic acids is 2. The van der Waals surface area contributed by atoms with E-state index in [1.807, 2.05) is 6.92 Å². The fraction of sp³-hybridized carbons (Fsp3) is 0.304. The minimum absolute atomic E-state index is 0.384.